The summed E-state index contributed by atoms with van der Waals surface area (Å²) < 4.78 is 28.8. The number of rotatable bonds is 4. The average molecular weight is 485 g/mol. The van der Waals surface area contributed by atoms with Gasteiger partial charge >= 0.3 is 11.9 Å². The fraction of sp³-hybridized carbons (Fsp3) is 0.800. The molecule has 0 spiro atoms. The topological polar surface area (TPSA) is 118 Å². The molecule has 0 aromatic carbocycles. The molecule has 34 heavy (non-hydrogen) atoms. The molecule has 2 aliphatic rings. The standard InChI is InChI=1S/C25H40O9/c1-16-9-10-21(34-23-20(33-18(3)26)8-7-13-31-23)25(5,30-6)12-11-19(27)17(2)14-24(4,29)15-32-22(16)28/h14,16,20-21,23,29H,7-13,15H2,1-6H3/b17-14+. The van der Waals surface area contributed by atoms with E-state index in [9.17, 15) is 19.5 Å². The van der Waals surface area contributed by atoms with Gasteiger partial charge in [0.05, 0.1) is 24.2 Å². The van der Waals surface area contributed by atoms with Crippen LogP contribution in [0.25, 0.3) is 0 Å². The summed E-state index contributed by atoms with van der Waals surface area (Å²) in [4.78, 5) is 36.9. The van der Waals surface area contributed by atoms with Crippen molar-refractivity contribution in [2.75, 3.05) is 20.3 Å². The van der Waals surface area contributed by atoms with Gasteiger partial charge < -0.3 is 28.8 Å². The lowest BCUT2D eigenvalue weighted by atomic mass is 9.86. The smallest absolute Gasteiger partial charge is 0.308 e. The summed E-state index contributed by atoms with van der Waals surface area (Å²) in [6.07, 6.45) is 2.31. The number of aliphatic hydroxyl groups is 1. The molecule has 0 aromatic heterocycles. The second-order valence-corrected chi connectivity index (χ2v) is 9.86. The Hall–Kier alpha value is -1.81. The molecule has 0 aromatic rings. The number of ether oxygens (including phenoxy) is 5. The van der Waals surface area contributed by atoms with Crippen LogP contribution in [0.3, 0.4) is 0 Å². The molecule has 9 nitrogen and oxygen atoms in total. The normalized spacial score (nSPS) is 38.3. The Balaban J connectivity index is 2.32. The number of carbonyl (C=O) groups excluding carboxylic acids is 3. The molecule has 194 valence electrons. The van der Waals surface area contributed by atoms with Crippen LogP contribution in [0.4, 0.5) is 0 Å². The summed E-state index contributed by atoms with van der Waals surface area (Å²) in [6, 6.07) is 0. The van der Waals surface area contributed by atoms with Gasteiger partial charge in [0, 0.05) is 20.5 Å². The highest BCUT2D eigenvalue weighted by molar-refractivity contribution is 5.94. The maximum Gasteiger partial charge on any atom is 0.308 e. The lowest BCUT2D eigenvalue weighted by molar-refractivity contribution is -0.268. The molecular formula is C25H40O9. The second kappa shape index (κ2) is 12.2. The van der Waals surface area contributed by atoms with Crippen molar-refractivity contribution in [3.8, 4) is 0 Å². The minimum atomic E-state index is -1.44. The van der Waals surface area contributed by atoms with Crippen molar-refractivity contribution >= 4 is 17.7 Å². The van der Waals surface area contributed by atoms with Crippen LogP contribution in [0.5, 0.6) is 0 Å². The van der Waals surface area contributed by atoms with Gasteiger partial charge in [-0.25, -0.2) is 0 Å². The first-order valence-electron chi connectivity index (χ1n) is 12.0. The zero-order chi connectivity index (χ0) is 25.5. The highest BCUT2D eigenvalue weighted by Gasteiger charge is 2.41. The van der Waals surface area contributed by atoms with Crippen molar-refractivity contribution in [1.82, 2.24) is 0 Å². The van der Waals surface area contributed by atoms with Gasteiger partial charge in [0.1, 0.15) is 12.2 Å². The molecule has 1 N–H and O–H groups in total. The molecule has 0 amide bonds. The van der Waals surface area contributed by atoms with Crippen LogP contribution in [-0.4, -0.2) is 72.9 Å². The average Bonchev–Trinajstić information content (AvgIpc) is 2.77. The Morgan fingerprint density at radius 2 is 1.91 bits per heavy atom. The van der Waals surface area contributed by atoms with Gasteiger partial charge in [0.25, 0.3) is 0 Å². The van der Waals surface area contributed by atoms with Crippen molar-refractivity contribution in [3.05, 3.63) is 11.6 Å². The largest absolute Gasteiger partial charge is 0.462 e. The molecule has 0 saturated carbocycles. The zero-order valence-corrected chi connectivity index (χ0v) is 21.3. The molecule has 6 atom stereocenters. The molecule has 1 saturated heterocycles. The maximum absolute atomic E-state index is 12.8. The monoisotopic (exact) mass is 484 g/mol. The number of hydrogen-bond donors (Lipinski definition) is 1. The number of Topliss-reactive ketones (excluding diaryl/α,β-unsaturated/α-hetero) is 1. The SMILES string of the molecule is COC1(C)CCC(=O)/C(C)=C/C(C)(O)COC(=O)C(C)CCC1OC1OCCCC1OC(C)=O. The fourth-order valence-electron chi connectivity index (χ4n) is 4.28. The first-order valence-corrected chi connectivity index (χ1v) is 12.0. The lowest BCUT2D eigenvalue weighted by Crippen LogP contribution is -2.50. The van der Waals surface area contributed by atoms with E-state index in [1.54, 1.807) is 21.0 Å². The van der Waals surface area contributed by atoms with Crippen LogP contribution in [0.2, 0.25) is 0 Å². The molecular weight excluding hydrogens is 444 g/mol. The molecule has 6 unspecified atom stereocenters. The number of allylic oxidation sites excluding steroid dienone is 1. The second-order valence-electron chi connectivity index (χ2n) is 9.86. The van der Waals surface area contributed by atoms with Crippen molar-refractivity contribution in [1.29, 1.82) is 0 Å². The molecule has 2 aliphatic heterocycles. The van der Waals surface area contributed by atoms with E-state index in [0.29, 0.717) is 37.9 Å². The third kappa shape index (κ3) is 8.15. The van der Waals surface area contributed by atoms with E-state index in [0.717, 1.165) is 6.42 Å². The molecule has 1 fully saturated rings. The summed E-state index contributed by atoms with van der Waals surface area (Å²) in [5.41, 5.74) is -1.94. The molecule has 9 heteroatoms. The molecule has 0 radical (unpaired) electrons. The summed E-state index contributed by atoms with van der Waals surface area (Å²) in [5, 5.41) is 10.5. The maximum atomic E-state index is 12.8. The number of methoxy groups -OCH3 is 1. The number of esters is 2. The lowest BCUT2D eigenvalue weighted by Gasteiger charge is -2.41. The molecule has 2 rings (SSSR count). The minimum absolute atomic E-state index is 0.147. The van der Waals surface area contributed by atoms with E-state index in [4.69, 9.17) is 23.7 Å². The summed E-state index contributed by atoms with van der Waals surface area (Å²) in [6.45, 7) is 8.33. The van der Waals surface area contributed by atoms with E-state index in [1.165, 1.54) is 19.9 Å². The van der Waals surface area contributed by atoms with Crippen molar-refractivity contribution < 1.29 is 43.2 Å². The van der Waals surface area contributed by atoms with E-state index in [-0.39, 0.29) is 18.8 Å². The quantitative estimate of drug-likeness (QED) is 0.601. The zero-order valence-electron chi connectivity index (χ0n) is 21.3. The Bertz CT molecular complexity index is 759. The molecule has 0 aliphatic carbocycles. The summed E-state index contributed by atoms with van der Waals surface area (Å²) in [5.74, 6) is -1.45. The number of hydrogen-bond acceptors (Lipinski definition) is 9. The van der Waals surface area contributed by atoms with Crippen LogP contribution >= 0.6 is 0 Å². The van der Waals surface area contributed by atoms with Gasteiger partial charge in [-0.1, -0.05) is 6.92 Å². The van der Waals surface area contributed by atoms with Gasteiger partial charge in [-0.2, -0.15) is 0 Å². The van der Waals surface area contributed by atoms with Crippen LogP contribution in [0, 0.1) is 5.92 Å². The Labute approximate surface area is 202 Å². The van der Waals surface area contributed by atoms with Crippen molar-refractivity contribution in [2.45, 2.75) is 103 Å². The van der Waals surface area contributed by atoms with Crippen LogP contribution in [0.15, 0.2) is 11.6 Å². The van der Waals surface area contributed by atoms with E-state index in [1.807, 2.05) is 6.92 Å². The Morgan fingerprint density at radius 3 is 2.56 bits per heavy atom. The van der Waals surface area contributed by atoms with E-state index < -0.39 is 47.6 Å². The third-order valence-corrected chi connectivity index (χ3v) is 6.57. The summed E-state index contributed by atoms with van der Waals surface area (Å²) in [7, 11) is 1.56. The number of ketones is 1. The van der Waals surface area contributed by atoms with Crippen molar-refractivity contribution in [3.63, 3.8) is 0 Å². The van der Waals surface area contributed by atoms with Gasteiger partial charge in [-0.15, -0.1) is 0 Å². The summed E-state index contributed by atoms with van der Waals surface area (Å²) >= 11 is 0. The Kier molecular flexibility index (Phi) is 10.2. The molecule has 2 heterocycles. The van der Waals surface area contributed by atoms with Gasteiger partial charge in [0.15, 0.2) is 18.2 Å². The first kappa shape index (κ1) is 28.4. The van der Waals surface area contributed by atoms with E-state index >= 15 is 0 Å². The number of carbonyl (C=O) groups is 3. The van der Waals surface area contributed by atoms with E-state index in [2.05, 4.69) is 0 Å². The predicted octanol–water partition coefficient (Wildman–Crippen LogP) is 2.86. The van der Waals surface area contributed by atoms with Gasteiger partial charge in [-0.3, -0.25) is 14.4 Å². The molecule has 0 bridgehead atoms. The van der Waals surface area contributed by atoms with Crippen LogP contribution in [-0.2, 0) is 38.1 Å². The highest BCUT2D eigenvalue weighted by Crippen LogP contribution is 2.33. The number of cyclic esters (lactones) is 1. The van der Waals surface area contributed by atoms with Crippen molar-refractivity contribution in [2.24, 2.45) is 5.92 Å². The Morgan fingerprint density at radius 1 is 1.21 bits per heavy atom. The minimum Gasteiger partial charge on any atom is -0.462 e. The highest BCUT2D eigenvalue weighted by atomic mass is 16.7. The first-order chi connectivity index (χ1) is 15.9. The predicted molar refractivity (Wildman–Crippen MR) is 123 cm³/mol. The third-order valence-electron chi connectivity index (χ3n) is 6.57. The van der Waals surface area contributed by atoms with Crippen LogP contribution < -0.4 is 0 Å². The van der Waals surface area contributed by atoms with Gasteiger partial charge in [-0.05, 0) is 64.5 Å². The fourth-order valence-corrected chi connectivity index (χ4v) is 4.28. The van der Waals surface area contributed by atoms with Crippen LogP contribution in [0.1, 0.15) is 73.1 Å². The van der Waals surface area contributed by atoms with Gasteiger partial charge in [0.2, 0.25) is 0 Å².